The van der Waals surface area contributed by atoms with Gasteiger partial charge in [-0.15, -0.1) is 5.84 Å². The maximum atomic E-state index is 14.4. The van der Waals surface area contributed by atoms with Crippen LogP contribution in [0.15, 0.2) is 68.0 Å². The van der Waals surface area contributed by atoms with Crippen molar-refractivity contribution in [1.82, 2.24) is 0 Å². The lowest BCUT2D eigenvalue weighted by atomic mass is 9.94. The summed E-state index contributed by atoms with van der Waals surface area (Å²) in [6, 6.07) is 5.91. The molecule has 31 heavy (non-hydrogen) atoms. The van der Waals surface area contributed by atoms with E-state index in [-0.39, 0.29) is 17.4 Å². The molecule has 2 aliphatic rings. The van der Waals surface area contributed by atoms with Crippen LogP contribution < -0.4 is 5.84 Å². The van der Waals surface area contributed by atoms with Crippen LogP contribution in [-0.2, 0) is 11.8 Å². The van der Waals surface area contributed by atoms with Crippen LogP contribution in [0.4, 0.5) is 17.6 Å². The normalized spacial score (nSPS) is 22.0. The molecule has 2 unspecified atom stereocenters. The fraction of sp³-hybridized carbons (Fsp3) is 0.150. The number of hydrogen-bond donors (Lipinski definition) is 2. The highest BCUT2D eigenvalue weighted by Gasteiger charge is 2.40. The van der Waals surface area contributed by atoms with Crippen LogP contribution in [-0.4, -0.2) is 27.7 Å². The fourth-order valence-corrected chi connectivity index (χ4v) is 2.94. The molecule has 0 saturated carbocycles. The van der Waals surface area contributed by atoms with E-state index in [1.165, 1.54) is 18.7 Å². The minimum absolute atomic E-state index is 0.0542. The van der Waals surface area contributed by atoms with Crippen molar-refractivity contribution in [2.45, 2.75) is 18.7 Å². The summed E-state index contributed by atoms with van der Waals surface area (Å²) in [5, 5.41) is 14.8. The van der Waals surface area contributed by atoms with Crippen molar-refractivity contribution in [2.75, 3.05) is 0 Å². The van der Waals surface area contributed by atoms with Gasteiger partial charge in [-0.25, -0.2) is 9.38 Å². The number of nitrogens with zero attached hydrogens (tertiary/aromatic N) is 4. The predicted octanol–water partition coefficient (Wildman–Crippen LogP) is 3.04. The maximum absolute atomic E-state index is 14.4. The van der Waals surface area contributed by atoms with E-state index in [9.17, 15) is 22.7 Å². The SMILES string of the molecule is CC(O)(C#CC1=C[N+]2(N)N=C(c3ccco3)N=C2C=N1)c1cccc(C(F)(F)F)c1F. The maximum Gasteiger partial charge on any atom is 0.419 e. The fourth-order valence-electron chi connectivity index (χ4n) is 2.94. The van der Waals surface area contributed by atoms with Crippen molar-refractivity contribution in [3.05, 3.63) is 71.2 Å². The van der Waals surface area contributed by atoms with Gasteiger partial charge in [0.2, 0.25) is 0 Å². The number of alkyl halides is 3. The summed E-state index contributed by atoms with van der Waals surface area (Å²) < 4.78 is 57.9. The van der Waals surface area contributed by atoms with Gasteiger partial charge in [-0.05, 0) is 40.8 Å². The molecule has 2 atom stereocenters. The largest absolute Gasteiger partial charge is 0.461 e. The summed E-state index contributed by atoms with van der Waals surface area (Å²) >= 11 is 0. The van der Waals surface area contributed by atoms with E-state index in [4.69, 9.17) is 10.3 Å². The Bertz CT molecular complexity index is 1230. The Morgan fingerprint density at radius 3 is 2.58 bits per heavy atom. The Kier molecular flexibility index (Phi) is 4.66. The van der Waals surface area contributed by atoms with E-state index in [1.54, 1.807) is 12.1 Å². The van der Waals surface area contributed by atoms with Gasteiger partial charge in [-0.3, -0.25) is 0 Å². The molecule has 4 rings (SSSR count). The second-order valence-corrected chi connectivity index (χ2v) is 6.87. The lowest BCUT2D eigenvalue weighted by Gasteiger charge is -2.20. The molecule has 0 aliphatic carbocycles. The van der Waals surface area contributed by atoms with Gasteiger partial charge in [0.05, 0.1) is 11.8 Å². The first kappa shape index (κ1) is 20.7. The van der Waals surface area contributed by atoms with Gasteiger partial charge >= 0.3 is 6.18 Å². The highest BCUT2D eigenvalue weighted by atomic mass is 19.4. The highest BCUT2D eigenvalue weighted by molar-refractivity contribution is 6.31. The molecule has 7 nitrogen and oxygen atoms in total. The van der Waals surface area contributed by atoms with Crippen molar-refractivity contribution in [3.63, 3.8) is 0 Å². The molecule has 1 aromatic heterocycles. The highest BCUT2D eigenvalue weighted by Crippen LogP contribution is 2.35. The number of aliphatic imine (C=N–C) groups is 2. The Morgan fingerprint density at radius 1 is 1.16 bits per heavy atom. The zero-order chi connectivity index (χ0) is 22.4. The number of amidine groups is 2. The molecule has 3 N–H and O–H groups in total. The van der Waals surface area contributed by atoms with Gasteiger partial charge < -0.3 is 9.52 Å². The topological polar surface area (TPSA) is 96.5 Å². The minimum atomic E-state index is -4.91. The van der Waals surface area contributed by atoms with Crippen LogP contribution in [0.1, 0.15) is 23.8 Å². The van der Waals surface area contributed by atoms with Crippen molar-refractivity contribution < 1.29 is 31.8 Å². The number of benzene rings is 1. The zero-order valence-electron chi connectivity index (χ0n) is 15.9. The van der Waals surface area contributed by atoms with E-state index in [1.807, 2.05) is 0 Å². The van der Waals surface area contributed by atoms with Crippen LogP contribution in [0.3, 0.4) is 0 Å². The molecule has 11 heteroatoms. The van der Waals surface area contributed by atoms with E-state index < -0.39 is 33.4 Å². The first-order chi connectivity index (χ1) is 14.5. The Hall–Kier alpha value is -3.59. The molecular formula is C20H14F4N5O2+. The molecule has 0 saturated heterocycles. The van der Waals surface area contributed by atoms with E-state index >= 15 is 0 Å². The number of furan rings is 1. The number of nitrogens with two attached hydrogens (primary N) is 1. The summed E-state index contributed by atoms with van der Waals surface area (Å²) in [5.41, 5.74) is -4.29. The summed E-state index contributed by atoms with van der Waals surface area (Å²) in [6.07, 6.45) is -0.833. The van der Waals surface area contributed by atoms with Crippen LogP contribution in [0, 0.1) is 17.7 Å². The number of halogens is 4. The van der Waals surface area contributed by atoms with Crippen LogP contribution >= 0.6 is 0 Å². The average Bonchev–Trinajstić information content (AvgIpc) is 3.32. The molecule has 3 heterocycles. The molecule has 2 aliphatic heterocycles. The standard InChI is InChI=1S/C20H14F4N5O2/c1-19(30,13-4-2-5-14(17(13)21)20(22,23)24)8-7-12-11-29(25)16(10-26-12)27-18(28-29)15-6-3-9-31-15/h2-6,9-11,30H,25H2,1H3/q+1. The molecule has 158 valence electrons. The van der Waals surface area contributed by atoms with Gasteiger partial charge in [0.1, 0.15) is 12.0 Å². The second kappa shape index (κ2) is 6.98. The number of hydrogen-bond acceptors (Lipinski definition) is 6. The van der Waals surface area contributed by atoms with Crippen molar-refractivity contribution in [1.29, 1.82) is 0 Å². The van der Waals surface area contributed by atoms with Gasteiger partial charge in [0, 0.05) is 5.56 Å². The molecular weight excluding hydrogens is 418 g/mol. The third-order valence-electron chi connectivity index (χ3n) is 4.49. The van der Waals surface area contributed by atoms with E-state index in [0.717, 1.165) is 19.1 Å². The minimum Gasteiger partial charge on any atom is -0.461 e. The summed E-state index contributed by atoms with van der Waals surface area (Å²) in [4.78, 5) is 8.29. The molecule has 2 aromatic rings. The second-order valence-electron chi connectivity index (χ2n) is 6.87. The first-order valence-corrected chi connectivity index (χ1v) is 8.79. The molecule has 0 radical (unpaired) electrons. The third kappa shape index (κ3) is 3.79. The zero-order valence-corrected chi connectivity index (χ0v) is 15.9. The van der Waals surface area contributed by atoms with Gasteiger partial charge in [0.15, 0.2) is 23.3 Å². The number of allylic oxidation sites excluding steroid dienone is 1. The first-order valence-electron chi connectivity index (χ1n) is 8.79. The van der Waals surface area contributed by atoms with E-state index in [2.05, 4.69) is 26.9 Å². The number of rotatable bonds is 2. The van der Waals surface area contributed by atoms with E-state index in [0.29, 0.717) is 11.8 Å². The van der Waals surface area contributed by atoms with Crippen LogP contribution in [0.2, 0.25) is 0 Å². The quantitative estimate of drug-likeness (QED) is 0.331. The predicted molar refractivity (Wildman–Crippen MR) is 102 cm³/mol. The van der Waals surface area contributed by atoms with Crippen LogP contribution in [0.5, 0.6) is 0 Å². The summed E-state index contributed by atoms with van der Waals surface area (Å²) in [7, 11) is 0. The Labute approximate surface area is 173 Å². The summed E-state index contributed by atoms with van der Waals surface area (Å²) in [5.74, 6) is 10.3. The molecule has 0 spiro atoms. The number of fused-ring (bicyclic) bond motifs is 1. The molecule has 0 fully saturated rings. The van der Waals surface area contributed by atoms with Crippen molar-refractivity contribution >= 4 is 17.9 Å². The van der Waals surface area contributed by atoms with Crippen molar-refractivity contribution in [3.8, 4) is 11.8 Å². The van der Waals surface area contributed by atoms with Gasteiger partial charge in [-0.2, -0.15) is 18.2 Å². The van der Waals surface area contributed by atoms with Crippen molar-refractivity contribution in [2.24, 2.45) is 20.9 Å². The average molecular weight is 432 g/mol. The Morgan fingerprint density at radius 2 is 1.90 bits per heavy atom. The Balaban J connectivity index is 1.66. The number of quaternary nitrogens is 1. The number of aliphatic hydroxyl groups is 1. The third-order valence-corrected chi connectivity index (χ3v) is 4.49. The van der Waals surface area contributed by atoms with Gasteiger partial charge in [-0.1, -0.05) is 18.1 Å². The summed E-state index contributed by atoms with van der Waals surface area (Å²) in [6.45, 7) is 1.08. The molecule has 0 amide bonds. The molecule has 1 aromatic carbocycles. The monoisotopic (exact) mass is 432 g/mol. The molecule has 0 bridgehead atoms. The van der Waals surface area contributed by atoms with Crippen LogP contribution in [0.25, 0.3) is 0 Å². The smallest absolute Gasteiger partial charge is 0.419 e. The lowest BCUT2D eigenvalue weighted by molar-refractivity contribution is -0.803. The van der Waals surface area contributed by atoms with Gasteiger partial charge in [0.25, 0.3) is 11.7 Å². The lowest BCUT2D eigenvalue weighted by Crippen LogP contribution is -2.50.